The van der Waals surface area contributed by atoms with Crippen molar-refractivity contribution in [2.24, 2.45) is 0 Å². The third-order valence-electron chi connectivity index (χ3n) is 6.06. The van der Waals surface area contributed by atoms with Gasteiger partial charge in [-0.1, -0.05) is 23.5 Å². The van der Waals surface area contributed by atoms with E-state index in [1.165, 1.54) is 16.9 Å². The van der Waals surface area contributed by atoms with E-state index in [0.717, 1.165) is 46.5 Å². The molecule has 1 saturated heterocycles. The molecular weight excluding hydrogens is 450 g/mol. The highest BCUT2D eigenvalue weighted by Gasteiger charge is 2.35. The Morgan fingerprint density at radius 3 is 3.00 bits per heavy atom. The second-order valence-corrected chi connectivity index (χ2v) is 10.3. The molecule has 0 bridgehead atoms. The first kappa shape index (κ1) is 22.6. The van der Waals surface area contributed by atoms with E-state index in [1.54, 1.807) is 13.3 Å². The number of carbonyl (C=O) groups is 1. The summed E-state index contributed by atoms with van der Waals surface area (Å²) in [7, 11) is 1.61. The van der Waals surface area contributed by atoms with Crippen molar-refractivity contribution in [3.63, 3.8) is 0 Å². The Balaban J connectivity index is 1.34. The summed E-state index contributed by atoms with van der Waals surface area (Å²) < 4.78 is 11.1. The van der Waals surface area contributed by atoms with Crippen LogP contribution < -0.4 is 20.3 Å². The number of morpholine rings is 1. The van der Waals surface area contributed by atoms with Crippen LogP contribution in [-0.2, 0) is 17.6 Å². The van der Waals surface area contributed by atoms with Crippen molar-refractivity contribution in [3.05, 3.63) is 58.7 Å². The minimum atomic E-state index is -0.272. The summed E-state index contributed by atoms with van der Waals surface area (Å²) in [5.41, 5.74) is 3.75. The maximum Gasteiger partial charge on any atom is 0.263 e. The predicted molar refractivity (Wildman–Crippen MR) is 134 cm³/mol. The fourth-order valence-corrected chi connectivity index (χ4v) is 5.55. The van der Waals surface area contributed by atoms with E-state index in [2.05, 4.69) is 38.7 Å². The molecule has 178 valence electrons. The second kappa shape index (κ2) is 9.23. The van der Waals surface area contributed by atoms with Gasteiger partial charge in [-0.3, -0.25) is 4.79 Å². The minimum Gasteiger partial charge on any atom is -0.481 e. The van der Waals surface area contributed by atoms with Gasteiger partial charge in [0.25, 0.3) is 5.91 Å². The Hall–Kier alpha value is -3.17. The van der Waals surface area contributed by atoms with Crippen molar-refractivity contribution in [1.29, 1.82) is 0 Å². The second-order valence-electron chi connectivity index (χ2n) is 9.33. The van der Waals surface area contributed by atoms with Crippen LogP contribution in [0.25, 0.3) is 0 Å². The number of benzene rings is 1. The predicted octanol–water partition coefficient (Wildman–Crippen LogP) is 3.80. The maximum absolute atomic E-state index is 12.6. The number of hydrogen-bond acceptors (Lipinski definition) is 8. The molecule has 1 amide bonds. The average molecular weight is 480 g/mol. The molecule has 5 rings (SSSR count). The number of thiazole rings is 1. The van der Waals surface area contributed by atoms with Crippen LogP contribution in [0.15, 0.2) is 42.6 Å². The largest absolute Gasteiger partial charge is 0.481 e. The van der Waals surface area contributed by atoms with Gasteiger partial charge in [0.2, 0.25) is 5.88 Å². The molecule has 2 aromatic heterocycles. The molecule has 9 heteroatoms. The number of methoxy groups -OCH3 is 1. The molecule has 8 nitrogen and oxygen atoms in total. The molecule has 0 radical (unpaired) electrons. The van der Waals surface area contributed by atoms with Gasteiger partial charge in [-0.2, -0.15) is 0 Å². The normalized spacial score (nSPS) is 19.3. The lowest BCUT2D eigenvalue weighted by molar-refractivity contribution is 0.0900. The van der Waals surface area contributed by atoms with Crippen LogP contribution in [0.1, 0.15) is 34.8 Å². The number of hydrogen-bond donors (Lipinski definition) is 2. The van der Waals surface area contributed by atoms with E-state index >= 15 is 0 Å². The van der Waals surface area contributed by atoms with E-state index < -0.39 is 0 Å². The number of aromatic nitrogens is 2. The molecule has 1 aromatic carbocycles. The molecule has 2 N–H and O–H groups in total. The number of nitrogens with zero attached hydrogens (tertiary/aromatic N) is 3. The Morgan fingerprint density at radius 2 is 2.15 bits per heavy atom. The van der Waals surface area contributed by atoms with Gasteiger partial charge in [0.15, 0.2) is 5.13 Å². The average Bonchev–Trinajstić information content (AvgIpc) is 3.23. The fourth-order valence-electron chi connectivity index (χ4n) is 4.48. The van der Waals surface area contributed by atoms with Crippen molar-refractivity contribution < 1.29 is 14.3 Å². The van der Waals surface area contributed by atoms with Crippen LogP contribution in [0, 0.1) is 0 Å². The third kappa shape index (κ3) is 4.85. The summed E-state index contributed by atoms with van der Waals surface area (Å²) in [6.45, 7) is 6.11. The molecule has 2 aliphatic rings. The van der Waals surface area contributed by atoms with Gasteiger partial charge in [-0.05, 0) is 44.0 Å². The zero-order valence-electron chi connectivity index (χ0n) is 19.6. The SMILES string of the molecule is COc1cc(Nc2cccc(C[C@H]3COCCN3c3nc4c(s3)C(=O)NC(C)(C)C4)c2)ccn1. The number of ether oxygens (including phenoxy) is 2. The number of pyridine rings is 1. The van der Waals surface area contributed by atoms with E-state index in [9.17, 15) is 4.79 Å². The first-order valence-electron chi connectivity index (χ1n) is 11.4. The Kier molecular flexibility index (Phi) is 6.14. The zero-order chi connectivity index (χ0) is 23.7. The lowest BCUT2D eigenvalue weighted by atomic mass is 9.94. The number of amides is 1. The van der Waals surface area contributed by atoms with Crippen LogP contribution in [0.3, 0.4) is 0 Å². The summed E-state index contributed by atoms with van der Waals surface area (Å²) in [4.78, 5) is 24.7. The number of rotatable bonds is 6. The maximum atomic E-state index is 12.6. The number of carbonyl (C=O) groups excluding carboxylic acids is 1. The number of nitrogens with one attached hydrogen (secondary N) is 2. The van der Waals surface area contributed by atoms with Crippen molar-refractivity contribution in [3.8, 4) is 5.88 Å². The Labute approximate surface area is 203 Å². The van der Waals surface area contributed by atoms with Gasteiger partial charge in [-0.15, -0.1) is 0 Å². The quantitative estimate of drug-likeness (QED) is 0.556. The molecule has 0 aliphatic carbocycles. The van der Waals surface area contributed by atoms with Gasteiger partial charge >= 0.3 is 0 Å². The molecule has 2 aliphatic heterocycles. The lowest BCUT2D eigenvalue weighted by Crippen LogP contribution is -2.48. The number of anilines is 3. The smallest absolute Gasteiger partial charge is 0.263 e. The lowest BCUT2D eigenvalue weighted by Gasteiger charge is -2.35. The van der Waals surface area contributed by atoms with Gasteiger partial charge < -0.3 is 25.0 Å². The van der Waals surface area contributed by atoms with E-state index in [0.29, 0.717) is 19.1 Å². The molecule has 1 fully saturated rings. The molecular formula is C25H29N5O3S. The summed E-state index contributed by atoms with van der Waals surface area (Å²) >= 11 is 1.49. The van der Waals surface area contributed by atoms with Gasteiger partial charge in [-0.25, -0.2) is 9.97 Å². The molecule has 0 unspecified atom stereocenters. The molecule has 0 saturated carbocycles. The Morgan fingerprint density at radius 1 is 1.29 bits per heavy atom. The van der Waals surface area contributed by atoms with Crippen LogP contribution in [0.2, 0.25) is 0 Å². The van der Waals surface area contributed by atoms with Crippen LogP contribution in [0.4, 0.5) is 16.5 Å². The molecule has 1 atom stereocenters. The van der Waals surface area contributed by atoms with Gasteiger partial charge in [0, 0.05) is 42.1 Å². The van der Waals surface area contributed by atoms with Crippen LogP contribution in [-0.4, -0.2) is 54.3 Å². The van der Waals surface area contributed by atoms with Gasteiger partial charge in [0.05, 0.1) is 32.1 Å². The van der Waals surface area contributed by atoms with Crippen molar-refractivity contribution in [1.82, 2.24) is 15.3 Å². The molecule has 0 spiro atoms. The Bertz CT molecular complexity index is 1190. The molecule has 3 aromatic rings. The molecule has 34 heavy (non-hydrogen) atoms. The van der Waals surface area contributed by atoms with Crippen LogP contribution >= 0.6 is 11.3 Å². The monoisotopic (exact) mass is 479 g/mol. The fraction of sp³-hybridized carbons (Fsp3) is 0.400. The summed E-state index contributed by atoms with van der Waals surface area (Å²) in [6.07, 6.45) is 3.28. The van der Waals surface area contributed by atoms with E-state index in [4.69, 9.17) is 14.5 Å². The highest BCUT2D eigenvalue weighted by molar-refractivity contribution is 7.17. The summed E-state index contributed by atoms with van der Waals surface area (Å²) in [5.74, 6) is 0.547. The van der Waals surface area contributed by atoms with Crippen molar-refractivity contribution in [2.75, 3.05) is 37.1 Å². The summed E-state index contributed by atoms with van der Waals surface area (Å²) in [6, 6.07) is 12.3. The third-order valence-corrected chi connectivity index (χ3v) is 7.19. The van der Waals surface area contributed by atoms with Crippen molar-refractivity contribution >= 4 is 33.8 Å². The number of fused-ring (bicyclic) bond motifs is 1. The van der Waals surface area contributed by atoms with E-state index in [1.807, 2.05) is 32.0 Å². The first-order valence-corrected chi connectivity index (χ1v) is 12.2. The van der Waals surface area contributed by atoms with Crippen LogP contribution in [0.5, 0.6) is 5.88 Å². The van der Waals surface area contributed by atoms with E-state index in [-0.39, 0.29) is 17.5 Å². The zero-order valence-corrected chi connectivity index (χ0v) is 20.4. The molecule has 4 heterocycles. The highest BCUT2D eigenvalue weighted by atomic mass is 32.1. The minimum absolute atomic E-state index is 0.0219. The van der Waals surface area contributed by atoms with Crippen molar-refractivity contribution in [2.45, 2.75) is 38.3 Å². The summed E-state index contributed by atoms with van der Waals surface area (Å²) in [5, 5.41) is 7.41. The standard InChI is InChI=1S/C25H29N5O3S/c1-25(2)14-20-22(23(31)29-25)34-24(28-20)30-9-10-33-15-19(30)12-16-5-4-6-17(11-16)27-18-7-8-26-21(13-18)32-3/h4-8,11,13,19H,9-10,12,14-15H2,1-3H3,(H,26,27)(H,29,31)/t19-/m0/s1. The van der Waals surface area contributed by atoms with Gasteiger partial charge in [0.1, 0.15) is 4.88 Å². The first-order chi connectivity index (χ1) is 16.4. The topological polar surface area (TPSA) is 88.6 Å². The highest BCUT2D eigenvalue weighted by Crippen LogP contribution is 2.34.